The number of nitrogens with zero attached hydrogens (tertiary/aromatic N) is 2. The summed E-state index contributed by atoms with van der Waals surface area (Å²) in [6, 6.07) is 6.98. The molecule has 0 unspecified atom stereocenters. The van der Waals surface area contributed by atoms with Crippen molar-refractivity contribution in [3.63, 3.8) is 0 Å². The Balaban J connectivity index is 1.89. The molecule has 2 amide bonds. The minimum atomic E-state index is -0.0776. The van der Waals surface area contributed by atoms with E-state index in [2.05, 4.69) is 31.0 Å². The summed E-state index contributed by atoms with van der Waals surface area (Å²) in [7, 11) is 0. The van der Waals surface area contributed by atoms with Gasteiger partial charge >= 0.3 is 0 Å². The highest BCUT2D eigenvalue weighted by molar-refractivity contribution is 5.97. The second kappa shape index (κ2) is 8.83. The van der Waals surface area contributed by atoms with E-state index in [4.69, 9.17) is 0 Å². The van der Waals surface area contributed by atoms with Gasteiger partial charge in [-0.2, -0.15) is 0 Å². The molecule has 0 aliphatic carbocycles. The molecule has 1 aliphatic heterocycles. The first-order valence-electron chi connectivity index (χ1n) is 8.91. The van der Waals surface area contributed by atoms with E-state index in [1.807, 2.05) is 4.90 Å². The number of hydrogen-bond donors (Lipinski definition) is 1. The van der Waals surface area contributed by atoms with Crippen LogP contribution in [0.2, 0.25) is 0 Å². The Kier molecular flexibility index (Phi) is 6.79. The molecule has 2 rings (SSSR count). The summed E-state index contributed by atoms with van der Waals surface area (Å²) < 4.78 is 0. The van der Waals surface area contributed by atoms with Gasteiger partial charge < -0.3 is 15.1 Å². The van der Waals surface area contributed by atoms with Crippen LogP contribution in [0.5, 0.6) is 0 Å². The summed E-state index contributed by atoms with van der Waals surface area (Å²) in [5.41, 5.74) is 1.25. The smallest absolute Gasteiger partial charge is 0.253 e. The van der Waals surface area contributed by atoms with Crippen LogP contribution in [0.3, 0.4) is 0 Å². The maximum atomic E-state index is 12.5. The lowest BCUT2D eigenvalue weighted by molar-refractivity contribution is 0.0643. The van der Waals surface area contributed by atoms with Crippen molar-refractivity contribution in [3.8, 4) is 0 Å². The van der Waals surface area contributed by atoms with Gasteiger partial charge in [0.15, 0.2) is 0 Å². The number of piperazine rings is 1. The van der Waals surface area contributed by atoms with Gasteiger partial charge in [-0.05, 0) is 43.1 Å². The number of rotatable bonds is 6. The van der Waals surface area contributed by atoms with Crippen molar-refractivity contribution < 1.29 is 9.59 Å². The molecule has 1 saturated heterocycles. The van der Waals surface area contributed by atoms with E-state index in [1.165, 1.54) is 0 Å². The predicted octanol–water partition coefficient (Wildman–Crippen LogP) is 2.24. The maximum Gasteiger partial charge on any atom is 0.253 e. The fourth-order valence-corrected chi connectivity index (χ4v) is 2.79. The highest BCUT2D eigenvalue weighted by atomic mass is 16.2. The van der Waals surface area contributed by atoms with E-state index in [0.29, 0.717) is 23.6 Å². The Labute approximate surface area is 145 Å². The second-order valence-electron chi connectivity index (χ2n) is 6.74. The van der Waals surface area contributed by atoms with Crippen LogP contribution in [-0.2, 0) is 0 Å². The zero-order chi connectivity index (χ0) is 17.5. The van der Waals surface area contributed by atoms with Crippen molar-refractivity contribution in [3.05, 3.63) is 35.4 Å². The summed E-state index contributed by atoms with van der Waals surface area (Å²) in [6.45, 7) is 11.5. The van der Waals surface area contributed by atoms with Gasteiger partial charge in [0.2, 0.25) is 0 Å². The van der Waals surface area contributed by atoms with Gasteiger partial charge in [-0.25, -0.2) is 0 Å². The van der Waals surface area contributed by atoms with Crippen molar-refractivity contribution in [2.45, 2.75) is 27.2 Å². The first-order chi connectivity index (χ1) is 11.5. The molecule has 0 spiro atoms. The first-order valence-corrected chi connectivity index (χ1v) is 8.91. The SMILES string of the molecule is CCN1CCN(C(=O)c2ccc(C(=O)NCCC(C)C)cc2)CC1. The minimum Gasteiger partial charge on any atom is -0.352 e. The van der Waals surface area contributed by atoms with Crippen LogP contribution in [0.1, 0.15) is 47.9 Å². The molecule has 0 atom stereocenters. The monoisotopic (exact) mass is 331 g/mol. The van der Waals surface area contributed by atoms with Gasteiger partial charge in [-0.1, -0.05) is 20.8 Å². The molecule has 0 bridgehead atoms. The molecule has 1 aliphatic rings. The van der Waals surface area contributed by atoms with Crippen molar-refractivity contribution in [1.82, 2.24) is 15.1 Å². The largest absolute Gasteiger partial charge is 0.352 e. The zero-order valence-electron chi connectivity index (χ0n) is 15.0. The molecule has 0 aromatic heterocycles. The van der Waals surface area contributed by atoms with E-state index in [9.17, 15) is 9.59 Å². The van der Waals surface area contributed by atoms with Gasteiger partial charge in [0.1, 0.15) is 0 Å². The number of hydrogen-bond acceptors (Lipinski definition) is 3. The van der Waals surface area contributed by atoms with Crippen LogP contribution in [-0.4, -0.2) is 60.9 Å². The van der Waals surface area contributed by atoms with E-state index in [-0.39, 0.29) is 11.8 Å². The molecule has 1 aromatic rings. The molecule has 1 aromatic carbocycles. The van der Waals surface area contributed by atoms with Crippen molar-refractivity contribution in [2.75, 3.05) is 39.3 Å². The van der Waals surface area contributed by atoms with Crippen molar-refractivity contribution in [1.29, 1.82) is 0 Å². The normalized spacial score (nSPS) is 15.6. The van der Waals surface area contributed by atoms with E-state index in [0.717, 1.165) is 39.1 Å². The number of carbonyl (C=O) groups is 2. The third kappa shape index (κ3) is 5.06. The number of nitrogens with one attached hydrogen (secondary N) is 1. The molecule has 1 heterocycles. The quantitative estimate of drug-likeness (QED) is 0.870. The van der Waals surface area contributed by atoms with Crippen LogP contribution in [0.25, 0.3) is 0 Å². The third-order valence-electron chi connectivity index (χ3n) is 4.51. The lowest BCUT2D eigenvalue weighted by atomic mass is 10.1. The summed E-state index contributed by atoms with van der Waals surface area (Å²) in [5.74, 6) is 0.544. The fraction of sp³-hybridized carbons (Fsp3) is 0.579. The highest BCUT2D eigenvalue weighted by Crippen LogP contribution is 2.11. The van der Waals surface area contributed by atoms with Gasteiger partial charge in [-0.15, -0.1) is 0 Å². The van der Waals surface area contributed by atoms with E-state index >= 15 is 0 Å². The second-order valence-corrected chi connectivity index (χ2v) is 6.74. The third-order valence-corrected chi connectivity index (χ3v) is 4.51. The van der Waals surface area contributed by atoms with Gasteiger partial charge in [0.25, 0.3) is 11.8 Å². The number of carbonyl (C=O) groups excluding carboxylic acids is 2. The number of likely N-dealkylation sites (N-methyl/N-ethyl adjacent to an activating group) is 1. The summed E-state index contributed by atoms with van der Waals surface area (Å²) >= 11 is 0. The highest BCUT2D eigenvalue weighted by Gasteiger charge is 2.21. The molecule has 0 radical (unpaired) electrons. The maximum absolute atomic E-state index is 12.5. The van der Waals surface area contributed by atoms with Gasteiger partial charge in [0.05, 0.1) is 0 Å². The van der Waals surface area contributed by atoms with Crippen LogP contribution >= 0.6 is 0 Å². The van der Waals surface area contributed by atoms with Crippen LogP contribution < -0.4 is 5.32 Å². The van der Waals surface area contributed by atoms with Crippen molar-refractivity contribution >= 4 is 11.8 Å². The number of benzene rings is 1. The fourth-order valence-electron chi connectivity index (χ4n) is 2.79. The average Bonchev–Trinajstić information content (AvgIpc) is 2.61. The summed E-state index contributed by atoms with van der Waals surface area (Å²) in [6.07, 6.45) is 0.964. The van der Waals surface area contributed by atoms with Gasteiger partial charge in [-0.3, -0.25) is 9.59 Å². The Morgan fingerprint density at radius 1 is 1.04 bits per heavy atom. The average molecular weight is 331 g/mol. The lowest BCUT2D eigenvalue weighted by Crippen LogP contribution is -2.48. The summed E-state index contributed by atoms with van der Waals surface area (Å²) in [5, 5.41) is 2.91. The molecular weight excluding hydrogens is 302 g/mol. The van der Waals surface area contributed by atoms with Crippen LogP contribution in [0, 0.1) is 5.92 Å². The van der Waals surface area contributed by atoms with Gasteiger partial charge in [0, 0.05) is 43.9 Å². The molecule has 132 valence electrons. The summed E-state index contributed by atoms with van der Waals surface area (Å²) in [4.78, 5) is 28.8. The molecule has 1 N–H and O–H groups in total. The Hall–Kier alpha value is -1.88. The zero-order valence-corrected chi connectivity index (χ0v) is 15.0. The Bertz CT molecular complexity index is 546. The predicted molar refractivity (Wildman–Crippen MR) is 96.2 cm³/mol. The Morgan fingerprint density at radius 2 is 1.62 bits per heavy atom. The Morgan fingerprint density at radius 3 is 2.17 bits per heavy atom. The lowest BCUT2D eigenvalue weighted by Gasteiger charge is -2.34. The van der Waals surface area contributed by atoms with E-state index < -0.39 is 0 Å². The minimum absolute atomic E-state index is 0.0533. The van der Waals surface area contributed by atoms with Crippen molar-refractivity contribution in [2.24, 2.45) is 5.92 Å². The van der Waals surface area contributed by atoms with Crippen LogP contribution in [0.4, 0.5) is 0 Å². The molecule has 1 fully saturated rings. The van der Waals surface area contributed by atoms with E-state index in [1.54, 1.807) is 24.3 Å². The molecule has 0 saturated carbocycles. The molecule has 5 heteroatoms. The van der Waals surface area contributed by atoms with Crippen LogP contribution in [0.15, 0.2) is 24.3 Å². The first kappa shape index (κ1) is 18.5. The topological polar surface area (TPSA) is 52.7 Å². The molecule has 5 nitrogen and oxygen atoms in total. The molecule has 24 heavy (non-hydrogen) atoms. The standard InChI is InChI=1S/C19H29N3O2/c1-4-21-11-13-22(14-12-21)19(24)17-7-5-16(6-8-17)18(23)20-10-9-15(2)3/h5-8,15H,4,9-14H2,1-3H3,(H,20,23). The number of amides is 2. The molecular formula is C19H29N3O2.